The van der Waals surface area contributed by atoms with Gasteiger partial charge in [-0.2, -0.15) is 0 Å². The summed E-state index contributed by atoms with van der Waals surface area (Å²) in [5.41, 5.74) is 0.587. The molecule has 2 aromatic rings. The van der Waals surface area contributed by atoms with E-state index in [9.17, 15) is 13.2 Å². The van der Waals surface area contributed by atoms with Gasteiger partial charge in [0.15, 0.2) is 0 Å². The van der Waals surface area contributed by atoms with Gasteiger partial charge in [0.1, 0.15) is 0 Å². The zero-order chi connectivity index (χ0) is 16.0. The molecule has 0 saturated carbocycles. The van der Waals surface area contributed by atoms with Crippen molar-refractivity contribution in [1.82, 2.24) is 5.32 Å². The number of hydrogen-bond donors (Lipinski definition) is 1. The number of amides is 1. The molecule has 0 atom stereocenters. The molecule has 22 heavy (non-hydrogen) atoms. The number of hydrogen-bond acceptors (Lipinski definition) is 3. The summed E-state index contributed by atoms with van der Waals surface area (Å²) in [7, 11) is -3.38. The van der Waals surface area contributed by atoms with Gasteiger partial charge in [0.05, 0.1) is 0 Å². The van der Waals surface area contributed by atoms with Crippen molar-refractivity contribution in [3.05, 3.63) is 72.8 Å². The molecular formula is C16H15AsNO3S. The number of benzene rings is 2. The van der Waals surface area contributed by atoms with Crippen LogP contribution in [0.4, 0.5) is 0 Å². The van der Waals surface area contributed by atoms with E-state index in [4.69, 9.17) is 0 Å². The van der Waals surface area contributed by atoms with E-state index in [2.05, 4.69) is 11.9 Å². The molecule has 113 valence electrons. The average Bonchev–Trinajstić information content (AvgIpc) is 2.53. The molecule has 0 aromatic heterocycles. The van der Waals surface area contributed by atoms with Gasteiger partial charge < -0.3 is 0 Å². The van der Waals surface area contributed by atoms with Crippen LogP contribution in [0, 0.1) is 0 Å². The zero-order valence-electron chi connectivity index (χ0n) is 11.8. The van der Waals surface area contributed by atoms with E-state index >= 15 is 0 Å². The quantitative estimate of drug-likeness (QED) is 0.609. The molecule has 0 aliphatic heterocycles. The summed E-state index contributed by atoms with van der Waals surface area (Å²) >= 11 is -1.04. The Morgan fingerprint density at radius 3 is 2.41 bits per heavy atom. The van der Waals surface area contributed by atoms with Gasteiger partial charge in [-0.15, -0.1) is 0 Å². The Morgan fingerprint density at radius 1 is 1.09 bits per heavy atom. The van der Waals surface area contributed by atoms with Crippen LogP contribution >= 0.6 is 0 Å². The normalized spacial score (nSPS) is 11.5. The van der Waals surface area contributed by atoms with Crippen LogP contribution in [0.1, 0.15) is 5.56 Å². The second-order valence-electron chi connectivity index (χ2n) is 4.43. The predicted octanol–water partition coefficient (Wildman–Crippen LogP) is 1.21. The van der Waals surface area contributed by atoms with Gasteiger partial charge in [-0.25, -0.2) is 0 Å². The third-order valence-corrected chi connectivity index (χ3v) is 8.98. The molecule has 1 amide bonds. The number of nitrogens with one attached hydrogen (secondary N) is 1. The van der Waals surface area contributed by atoms with Gasteiger partial charge in [-0.1, -0.05) is 0 Å². The van der Waals surface area contributed by atoms with Crippen molar-refractivity contribution in [2.24, 2.45) is 0 Å². The van der Waals surface area contributed by atoms with Crippen LogP contribution in [0.25, 0.3) is 0 Å². The van der Waals surface area contributed by atoms with Crippen molar-refractivity contribution in [1.29, 1.82) is 0 Å². The summed E-state index contributed by atoms with van der Waals surface area (Å²) in [6.07, 6.45) is 1.16. The average molecular weight is 376 g/mol. The Kier molecular flexibility index (Phi) is 5.58. The van der Waals surface area contributed by atoms with Crippen molar-refractivity contribution in [2.75, 3.05) is 0 Å². The molecule has 0 heterocycles. The zero-order valence-corrected chi connectivity index (χ0v) is 14.5. The summed E-state index contributed by atoms with van der Waals surface area (Å²) in [4.78, 5) is 11.5. The summed E-state index contributed by atoms with van der Waals surface area (Å²) in [5.74, 6) is -0.330. The van der Waals surface area contributed by atoms with Crippen LogP contribution in [0.3, 0.4) is 0 Å². The minimum absolute atomic E-state index is 0.163. The van der Waals surface area contributed by atoms with Gasteiger partial charge >= 0.3 is 136 Å². The molecular weight excluding hydrogens is 361 g/mol. The molecule has 2 rings (SSSR count). The van der Waals surface area contributed by atoms with Crippen molar-refractivity contribution < 1.29 is 13.2 Å². The Morgan fingerprint density at radius 2 is 1.73 bits per heavy atom. The van der Waals surface area contributed by atoms with Gasteiger partial charge in [-0.05, 0) is 0 Å². The van der Waals surface area contributed by atoms with Gasteiger partial charge in [-0.3, -0.25) is 0 Å². The Hall–Kier alpha value is -1.84. The van der Waals surface area contributed by atoms with E-state index in [1.54, 1.807) is 24.3 Å². The van der Waals surface area contributed by atoms with E-state index in [0.717, 1.165) is 10.4 Å². The van der Waals surface area contributed by atoms with Crippen LogP contribution in [0.5, 0.6) is 0 Å². The van der Waals surface area contributed by atoms with Crippen molar-refractivity contribution in [3.63, 3.8) is 0 Å². The van der Waals surface area contributed by atoms with Crippen LogP contribution in [0.15, 0.2) is 72.1 Å². The first-order valence-corrected chi connectivity index (χ1v) is 11.2. The third kappa shape index (κ3) is 4.32. The summed E-state index contributed by atoms with van der Waals surface area (Å²) in [6, 6.07) is 15.9. The number of carbonyl (C=O) groups excluding carboxylic acids is 1. The van der Waals surface area contributed by atoms with Crippen LogP contribution < -0.4 is 9.67 Å². The summed E-state index contributed by atoms with van der Waals surface area (Å²) in [6.45, 7) is 3.54. The molecule has 0 saturated heterocycles. The van der Waals surface area contributed by atoms with E-state index in [1.165, 1.54) is 0 Å². The molecule has 0 fully saturated rings. The molecule has 2 aromatic carbocycles. The molecule has 4 nitrogen and oxygen atoms in total. The van der Waals surface area contributed by atoms with Gasteiger partial charge in [0.25, 0.3) is 0 Å². The van der Waals surface area contributed by atoms with E-state index in [-0.39, 0.29) is 17.3 Å². The SMILES string of the molecule is C=CC(=O)NCc1ccccc1S(=O)(=O)[As]c1ccccc1. The molecule has 0 unspecified atom stereocenters. The van der Waals surface area contributed by atoms with Gasteiger partial charge in [0.2, 0.25) is 0 Å². The Balaban J connectivity index is 2.27. The van der Waals surface area contributed by atoms with Crippen molar-refractivity contribution in [3.8, 4) is 0 Å². The standard InChI is InChI=1S/C16H15AsNO3S/c1-2-16(19)18-12-13-8-6-7-11-15(13)22(20,21)17-14-9-4-3-5-10-14/h2-11H,1,12H2,(H,18,19). The van der Waals surface area contributed by atoms with Crippen LogP contribution in [0.2, 0.25) is 0 Å². The predicted molar refractivity (Wildman–Crippen MR) is 87.5 cm³/mol. The first kappa shape index (κ1) is 16.5. The first-order chi connectivity index (χ1) is 10.5. The monoisotopic (exact) mass is 376 g/mol. The fourth-order valence-electron chi connectivity index (χ4n) is 1.83. The fourth-order valence-corrected chi connectivity index (χ4v) is 7.67. The van der Waals surface area contributed by atoms with E-state index < -0.39 is 22.7 Å². The summed E-state index contributed by atoms with van der Waals surface area (Å²) in [5, 5.41) is 2.61. The number of rotatable bonds is 6. The van der Waals surface area contributed by atoms with Crippen molar-refractivity contribution >= 4 is 33.0 Å². The second-order valence-corrected chi connectivity index (χ2v) is 11.3. The Bertz CT molecular complexity index is 773. The van der Waals surface area contributed by atoms with E-state index in [1.807, 2.05) is 30.3 Å². The Labute approximate surface area is 135 Å². The molecule has 0 aliphatic rings. The third-order valence-electron chi connectivity index (χ3n) is 2.87. The maximum absolute atomic E-state index is 12.6. The maximum atomic E-state index is 12.6. The topological polar surface area (TPSA) is 63.2 Å². The first-order valence-electron chi connectivity index (χ1n) is 6.54. The second kappa shape index (κ2) is 7.43. The fraction of sp³-hybridized carbons (Fsp3) is 0.0625. The molecule has 0 aliphatic carbocycles. The minimum atomic E-state index is -3.38. The molecule has 1 radical (unpaired) electrons. The molecule has 0 bridgehead atoms. The number of carbonyl (C=O) groups is 1. The molecule has 0 spiro atoms. The van der Waals surface area contributed by atoms with Gasteiger partial charge in [0, 0.05) is 0 Å². The van der Waals surface area contributed by atoms with Crippen LogP contribution in [-0.4, -0.2) is 28.9 Å². The van der Waals surface area contributed by atoms with E-state index in [0.29, 0.717) is 5.56 Å². The van der Waals surface area contributed by atoms with Crippen LogP contribution in [-0.2, 0) is 19.4 Å². The van der Waals surface area contributed by atoms with Crippen molar-refractivity contribution in [2.45, 2.75) is 11.4 Å². The molecule has 6 heteroatoms. The molecule has 1 N–H and O–H groups in total. The summed E-state index contributed by atoms with van der Waals surface area (Å²) < 4.78 is 26.1.